The fraction of sp³-hybridized carbons (Fsp3) is 0.0556. The van der Waals surface area contributed by atoms with Gasteiger partial charge in [0.25, 0.3) is 5.89 Å². The minimum Gasteiger partial charge on any atom is -0.504 e. The summed E-state index contributed by atoms with van der Waals surface area (Å²) in [5.74, 6) is 0.613. The zero-order valence-electron chi connectivity index (χ0n) is 13.1. The van der Waals surface area contributed by atoms with E-state index in [1.165, 1.54) is 13.2 Å². The number of aromatic nitrogens is 2. The van der Waals surface area contributed by atoms with Gasteiger partial charge in [0.05, 0.1) is 7.11 Å². The lowest BCUT2D eigenvalue weighted by Gasteiger charge is -2.03. The minimum atomic E-state index is -0.558. The second-order valence-corrected chi connectivity index (χ2v) is 5.30. The SMILES string of the molecule is COc1cc(-c2noc(-c3cc4ccccc4oc3=O)n2)ccc1O. The molecule has 0 unspecified atom stereocenters. The Morgan fingerprint density at radius 2 is 1.96 bits per heavy atom. The van der Waals surface area contributed by atoms with Crippen molar-refractivity contribution in [1.82, 2.24) is 10.1 Å². The predicted octanol–water partition coefficient (Wildman–Crippen LogP) is 3.22. The van der Waals surface area contributed by atoms with E-state index in [2.05, 4.69) is 10.1 Å². The van der Waals surface area contributed by atoms with Crippen molar-refractivity contribution in [2.75, 3.05) is 7.11 Å². The van der Waals surface area contributed by atoms with Crippen LogP contribution in [0.5, 0.6) is 11.5 Å². The minimum absolute atomic E-state index is 0.00476. The molecule has 0 saturated carbocycles. The Hall–Kier alpha value is -3.61. The molecule has 7 heteroatoms. The number of benzene rings is 2. The summed E-state index contributed by atoms with van der Waals surface area (Å²) in [7, 11) is 1.45. The maximum Gasteiger partial charge on any atom is 0.349 e. The van der Waals surface area contributed by atoms with Crippen LogP contribution in [0.1, 0.15) is 0 Å². The van der Waals surface area contributed by atoms with Crippen LogP contribution in [0.25, 0.3) is 33.8 Å². The van der Waals surface area contributed by atoms with Gasteiger partial charge >= 0.3 is 5.63 Å². The highest BCUT2D eigenvalue weighted by molar-refractivity contribution is 5.80. The Balaban J connectivity index is 1.79. The highest BCUT2D eigenvalue weighted by Crippen LogP contribution is 2.31. The Kier molecular flexibility index (Phi) is 3.46. The molecule has 7 nitrogen and oxygen atoms in total. The summed E-state index contributed by atoms with van der Waals surface area (Å²) in [5, 5.41) is 14.3. The van der Waals surface area contributed by atoms with Gasteiger partial charge in [-0.15, -0.1) is 0 Å². The van der Waals surface area contributed by atoms with E-state index in [0.717, 1.165) is 5.39 Å². The number of fused-ring (bicyclic) bond motifs is 1. The first-order chi connectivity index (χ1) is 12.2. The van der Waals surface area contributed by atoms with Crippen LogP contribution < -0.4 is 10.4 Å². The van der Waals surface area contributed by atoms with Gasteiger partial charge in [-0.05, 0) is 30.3 Å². The maximum atomic E-state index is 12.2. The lowest BCUT2D eigenvalue weighted by Crippen LogP contribution is -2.02. The molecule has 0 bridgehead atoms. The van der Waals surface area contributed by atoms with Gasteiger partial charge < -0.3 is 18.8 Å². The molecule has 0 saturated heterocycles. The molecule has 124 valence electrons. The molecule has 0 radical (unpaired) electrons. The first-order valence-electron chi connectivity index (χ1n) is 7.40. The van der Waals surface area contributed by atoms with Crippen molar-refractivity contribution in [1.29, 1.82) is 0 Å². The molecule has 4 rings (SSSR count). The number of hydrogen-bond donors (Lipinski definition) is 1. The third-order valence-corrected chi connectivity index (χ3v) is 3.74. The third-order valence-electron chi connectivity index (χ3n) is 3.74. The maximum absolute atomic E-state index is 12.2. The number of hydrogen-bond acceptors (Lipinski definition) is 7. The smallest absolute Gasteiger partial charge is 0.349 e. The van der Waals surface area contributed by atoms with E-state index in [4.69, 9.17) is 13.7 Å². The Morgan fingerprint density at radius 1 is 1.12 bits per heavy atom. The highest BCUT2D eigenvalue weighted by Gasteiger charge is 2.17. The summed E-state index contributed by atoms with van der Waals surface area (Å²) in [6.45, 7) is 0. The Labute approximate surface area is 141 Å². The summed E-state index contributed by atoms with van der Waals surface area (Å²) in [6, 6.07) is 13.5. The van der Waals surface area contributed by atoms with E-state index in [1.807, 2.05) is 12.1 Å². The molecule has 0 atom stereocenters. The number of aromatic hydroxyl groups is 1. The molecule has 2 heterocycles. The van der Waals surface area contributed by atoms with Crippen molar-refractivity contribution in [3.63, 3.8) is 0 Å². The van der Waals surface area contributed by atoms with Gasteiger partial charge in [-0.1, -0.05) is 23.4 Å². The summed E-state index contributed by atoms with van der Waals surface area (Å²) in [4.78, 5) is 16.4. The number of phenolic OH excluding ortho intramolecular Hbond substituents is 1. The highest BCUT2D eigenvalue weighted by atomic mass is 16.5. The van der Waals surface area contributed by atoms with E-state index >= 15 is 0 Å². The summed E-state index contributed by atoms with van der Waals surface area (Å²) < 4.78 is 15.6. The summed E-state index contributed by atoms with van der Waals surface area (Å²) >= 11 is 0. The number of rotatable bonds is 3. The molecule has 1 N–H and O–H groups in total. The average molecular weight is 336 g/mol. The van der Waals surface area contributed by atoms with Crippen LogP contribution in [-0.4, -0.2) is 22.4 Å². The lowest BCUT2D eigenvalue weighted by atomic mass is 10.2. The number of methoxy groups -OCH3 is 1. The van der Waals surface area contributed by atoms with Gasteiger partial charge in [0.1, 0.15) is 11.1 Å². The molecule has 0 fully saturated rings. The third kappa shape index (κ3) is 2.61. The van der Waals surface area contributed by atoms with Gasteiger partial charge in [-0.2, -0.15) is 4.98 Å². The monoisotopic (exact) mass is 336 g/mol. The van der Waals surface area contributed by atoms with Gasteiger partial charge in [0.2, 0.25) is 5.82 Å². The van der Waals surface area contributed by atoms with E-state index in [1.54, 1.807) is 30.3 Å². The summed E-state index contributed by atoms with van der Waals surface area (Å²) in [5.41, 5.74) is 0.689. The van der Waals surface area contributed by atoms with Crippen molar-refractivity contribution in [3.8, 4) is 34.3 Å². The van der Waals surface area contributed by atoms with Crippen LogP contribution in [0.4, 0.5) is 0 Å². The van der Waals surface area contributed by atoms with E-state index < -0.39 is 5.63 Å². The van der Waals surface area contributed by atoms with Gasteiger partial charge in [0.15, 0.2) is 11.5 Å². The summed E-state index contributed by atoms with van der Waals surface area (Å²) in [6.07, 6.45) is 0. The van der Waals surface area contributed by atoms with Gasteiger partial charge in [-0.25, -0.2) is 4.79 Å². The number of nitrogens with zero attached hydrogens (tertiary/aromatic N) is 2. The second-order valence-electron chi connectivity index (χ2n) is 5.30. The molecule has 0 spiro atoms. The molecule has 0 aliphatic heterocycles. The van der Waals surface area contributed by atoms with Crippen LogP contribution in [0, 0.1) is 0 Å². The van der Waals surface area contributed by atoms with Crippen LogP contribution in [0.15, 0.2) is 62.3 Å². The zero-order chi connectivity index (χ0) is 17.4. The van der Waals surface area contributed by atoms with E-state index in [0.29, 0.717) is 11.1 Å². The standard InChI is InChI=1S/C18H12N2O5/c1-23-15-9-11(6-7-13(15)21)16-19-17(25-20-16)12-8-10-4-2-3-5-14(10)24-18(12)22/h2-9,21H,1H3. The molecular weight excluding hydrogens is 324 g/mol. The molecule has 25 heavy (non-hydrogen) atoms. The quantitative estimate of drug-likeness (QED) is 0.573. The van der Waals surface area contributed by atoms with Gasteiger partial charge in [-0.3, -0.25) is 0 Å². The van der Waals surface area contributed by atoms with Crippen LogP contribution >= 0.6 is 0 Å². The number of phenols is 1. The largest absolute Gasteiger partial charge is 0.504 e. The Bertz CT molecular complexity index is 1130. The average Bonchev–Trinajstić information content (AvgIpc) is 3.11. The van der Waals surface area contributed by atoms with Crippen molar-refractivity contribution in [3.05, 3.63) is 59.0 Å². The van der Waals surface area contributed by atoms with Crippen LogP contribution in [-0.2, 0) is 0 Å². The Morgan fingerprint density at radius 3 is 2.80 bits per heavy atom. The predicted molar refractivity (Wildman–Crippen MR) is 89.4 cm³/mol. The first-order valence-corrected chi connectivity index (χ1v) is 7.40. The molecule has 0 aliphatic rings. The fourth-order valence-corrected chi connectivity index (χ4v) is 2.48. The number of para-hydroxylation sites is 1. The van der Waals surface area contributed by atoms with Crippen LogP contribution in [0.3, 0.4) is 0 Å². The second kappa shape index (κ2) is 5.79. The lowest BCUT2D eigenvalue weighted by molar-refractivity contribution is 0.373. The normalized spacial score (nSPS) is 10.9. The molecule has 4 aromatic rings. The fourth-order valence-electron chi connectivity index (χ4n) is 2.48. The molecular formula is C18H12N2O5. The van der Waals surface area contributed by atoms with Crippen molar-refractivity contribution in [2.45, 2.75) is 0 Å². The van der Waals surface area contributed by atoms with E-state index in [-0.39, 0.29) is 28.8 Å². The molecule has 0 amide bonds. The van der Waals surface area contributed by atoms with Crippen molar-refractivity contribution >= 4 is 11.0 Å². The first kappa shape index (κ1) is 14.9. The van der Waals surface area contributed by atoms with E-state index in [9.17, 15) is 9.90 Å². The number of ether oxygens (including phenoxy) is 1. The van der Waals surface area contributed by atoms with Crippen LogP contribution in [0.2, 0.25) is 0 Å². The van der Waals surface area contributed by atoms with Gasteiger partial charge in [0, 0.05) is 10.9 Å². The molecule has 2 aromatic carbocycles. The molecule has 2 aromatic heterocycles. The molecule has 0 aliphatic carbocycles. The topological polar surface area (TPSA) is 98.6 Å². The van der Waals surface area contributed by atoms with Crippen molar-refractivity contribution < 1.29 is 18.8 Å². The van der Waals surface area contributed by atoms with Crippen molar-refractivity contribution in [2.24, 2.45) is 0 Å². The zero-order valence-corrected chi connectivity index (χ0v) is 13.1.